The third-order valence-electron chi connectivity index (χ3n) is 1.79. The van der Waals surface area contributed by atoms with Crippen LogP contribution in [-0.4, -0.2) is 27.9 Å². The van der Waals surface area contributed by atoms with Crippen LogP contribution in [0.3, 0.4) is 0 Å². The Labute approximate surface area is 94.4 Å². The maximum Gasteiger partial charge on any atom is 0.332 e. The van der Waals surface area contributed by atoms with Crippen LogP contribution in [0.25, 0.3) is 0 Å². The second kappa shape index (κ2) is 5.30. The smallest absolute Gasteiger partial charge is 0.332 e. The Balaban J connectivity index is 3.13. The van der Waals surface area contributed by atoms with Gasteiger partial charge in [-0.05, 0) is 6.92 Å². The van der Waals surface area contributed by atoms with Crippen LogP contribution in [0.15, 0.2) is 0 Å². The van der Waals surface area contributed by atoms with Gasteiger partial charge in [-0.3, -0.25) is 15.5 Å². The van der Waals surface area contributed by atoms with E-state index in [2.05, 4.69) is 20.7 Å². The third kappa shape index (κ3) is 3.17. The standard InChI is InChI=1S/C7H10F2N6O2/c1-3-5(15(16)17)6(11-2-4(8)9)13-7(12-3)14-10/h4H,2,10H2,1H3,(H2,11,12,13,14). The molecule has 1 heterocycles. The summed E-state index contributed by atoms with van der Waals surface area (Å²) < 4.78 is 24.0. The summed E-state index contributed by atoms with van der Waals surface area (Å²) in [6.45, 7) is 0.607. The van der Waals surface area contributed by atoms with Crippen LogP contribution in [-0.2, 0) is 0 Å². The molecule has 10 heteroatoms. The maximum atomic E-state index is 12.0. The lowest BCUT2D eigenvalue weighted by Gasteiger charge is -2.08. The molecule has 0 unspecified atom stereocenters. The molecule has 94 valence electrons. The fraction of sp³-hybridized carbons (Fsp3) is 0.429. The van der Waals surface area contributed by atoms with Crippen molar-refractivity contribution in [2.75, 3.05) is 17.3 Å². The van der Waals surface area contributed by atoms with Crippen molar-refractivity contribution in [3.8, 4) is 0 Å². The molecule has 0 aliphatic rings. The first-order chi connectivity index (χ1) is 7.95. The second-order valence-electron chi connectivity index (χ2n) is 3.00. The molecule has 0 fully saturated rings. The number of anilines is 2. The number of hydrogen-bond donors (Lipinski definition) is 3. The Morgan fingerprint density at radius 3 is 2.65 bits per heavy atom. The lowest BCUT2D eigenvalue weighted by molar-refractivity contribution is -0.385. The van der Waals surface area contributed by atoms with E-state index in [0.29, 0.717) is 0 Å². The summed E-state index contributed by atoms with van der Waals surface area (Å²) >= 11 is 0. The maximum absolute atomic E-state index is 12.0. The largest absolute Gasteiger partial charge is 0.358 e. The van der Waals surface area contributed by atoms with Gasteiger partial charge < -0.3 is 5.32 Å². The summed E-state index contributed by atoms with van der Waals surface area (Å²) in [5.74, 6) is 4.66. The molecule has 1 aromatic heterocycles. The lowest BCUT2D eigenvalue weighted by atomic mass is 10.3. The van der Waals surface area contributed by atoms with Crippen molar-refractivity contribution in [3.63, 3.8) is 0 Å². The molecular weight excluding hydrogens is 238 g/mol. The summed E-state index contributed by atoms with van der Waals surface area (Å²) in [7, 11) is 0. The molecule has 0 aromatic carbocycles. The van der Waals surface area contributed by atoms with Gasteiger partial charge in [0.15, 0.2) is 0 Å². The second-order valence-corrected chi connectivity index (χ2v) is 3.00. The Kier molecular flexibility index (Phi) is 4.04. The van der Waals surface area contributed by atoms with Gasteiger partial charge in [-0.15, -0.1) is 0 Å². The van der Waals surface area contributed by atoms with Gasteiger partial charge in [0.05, 0.1) is 11.5 Å². The number of alkyl halides is 2. The minimum Gasteiger partial charge on any atom is -0.358 e. The van der Waals surface area contributed by atoms with Crippen molar-refractivity contribution < 1.29 is 13.7 Å². The van der Waals surface area contributed by atoms with E-state index >= 15 is 0 Å². The minimum absolute atomic E-state index is 0.0229. The number of halogens is 2. The number of aryl methyl sites for hydroxylation is 1. The molecule has 0 spiro atoms. The summed E-state index contributed by atoms with van der Waals surface area (Å²) in [6, 6.07) is 0. The lowest BCUT2D eigenvalue weighted by Crippen LogP contribution is -2.17. The van der Waals surface area contributed by atoms with E-state index in [1.807, 2.05) is 0 Å². The number of aromatic nitrogens is 2. The molecule has 0 saturated carbocycles. The van der Waals surface area contributed by atoms with Gasteiger partial charge in [0.2, 0.25) is 11.8 Å². The molecule has 0 radical (unpaired) electrons. The van der Waals surface area contributed by atoms with Crippen molar-refractivity contribution >= 4 is 17.5 Å². The van der Waals surface area contributed by atoms with Crippen molar-refractivity contribution in [2.45, 2.75) is 13.3 Å². The number of rotatable bonds is 5. The molecule has 17 heavy (non-hydrogen) atoms. The van der Waals surface area contributed by atoms with E-state index in [0.717, 1.165) is 0 Å². The highest BCUT2D eigenvalue weighted by atomic mass is 19.3. The van der Waals surface area contributed by atoms with Crippen molar-refractivity contribution in [1.82, 2.24) is 9.97 Å². The van der Waals surface area contributed by atoms with Gasteiger partial charge in [0, 0.05) is 0 Å². The number of hydrazine groups is 1. The zero-order valence-corrected chi connectivity index (χ0v) is 8.78. The predicted molar refractivity (Wildman–Crippen MR) is 55.7 cm³/mol. The number of nitrogen functional groups attached to an aromatic ring is 1. The number of nitrogens with one attached hydrogen (secondary N) is 2. The van der Waals surface area contributed by atoms with Gasteiger partial charge in [-0.25, -0.2) is 19.6 Å². The van der Waals surface area contributed by atoms with Crippen LogP contribution in [0.2, 0.25) is 0 Å². The Morgan fingerprint density at radius 2 is 2.18 bits per heavy atom. The summed E-state index contributed by atoms with van der Waals surface area (Å²) in [5, 5.41) is 12.9. The molecule has 0 amide bonds. The van der Waals surface area contributed by atoms with Crippen LogP contribution in [0.1, 0.15) is 5.69 Å². The van der Waals surface area contributed by atoms with Crippen LogP contribution in [0.4, 0.5) is 26.2 Å². The molecule has 0 atom stereocenters. The summed E-state index contributed by atoms with van der Waals surface area (Å²) in [4.78, 5) is 17.3. The van der Waals surface area contributed by atoms with Crippen molar-refractivity contribution in [2.24, 2.45) is 5.84 Å². The van der Waals surface area contributed by atoms with Crippen LogP contribution < -0.4 is 16.6 Å². The fourth-order valence-electron chi connectivity index (χ4n) is 1.15. The molecule has 0 saturated heterocycles. The molecule has 0 bridgehead atoms. The summed E-state index contributed by atoms with van der Waals surface area (Å²) in [6.07, 6.45) is -2.65. The molecule has 8 nitrogen and oxygen atoms in total. The van der Waals surface area contributed by atoms with Crippen LogP contribution >= 0.6 is 0 Å². The minimum atomic E-state index is -2.65. The highest BCUT2D eigenvalue weighted by molar-refractivity contribution is 5.60. The normalized spacial score (nSPS) is 10.4. The van der Waals surface area contributed by atoms with Gasteiger partial charge in [-0.1, -0.05) is 0 Å². The summed E-state index contributed by atoms with van der Waals surface area (Å²) in [5.41, 5.74) is 1.66. The molecule has 0 aliphatic carbocycles. The van der Waals surface area contributed by atoms with Gasteiger partial charge >= 0.3 is 5.69 Å². The van der Waals surface area contributed by atoms with E-state index in [1.165, 1.54) is 6.92 Å². The van der Waals surface area contributed by atoms with Crippen LogP contribution in [0, 0.1) is 17.0 Å². The number of hydrogen-bond acceptors (Lipinski definition) is 7. The Morgan fingerprint density at radius 1 is 1.53 bits per heavy atom. The fourth-order valence-corrected chi connectivity index (χ4v) is 1.15. The zero-order valence-electron chi connectivity index (χ0n) is 8.78. The third-order valence-corrected chi connectivity index (χ3v) is 1.79. The average Bonchev–Trinajstić information content (AvgIpc) is 2.24. The molecule has 1 aromatic rings. The quantitative estimate of drug-likeness (QED) is 0.397. The number of nitrogens with two attached hydrogens (primary N) is 1. The molecule has 1 rings (SSSR count). The van der Waals surface area contributed by atoms with Gasteiger partial charge in [-0.2, -0.15) is 4.98 Å². The SMILES string of the molecule is Cc1nc(NN)nc(NCC(F)F)c1[N+](=O)[O-]. The van der Waals surface area contributed by atoms with Crippen molar-refractivity contribution in [1.29, 1.82) is 0 Å². The highest BCUT2D eigenvalue weighted by Crippen LogP contribution is 2.26. The molecule has 4 N–H and O–H groups in total. The first-order valence-electron chi connectivity index (χ1n) is 4.47. The monoisotopic (exact) mass is 248 g/mol. The zero-order chi connectivity index (χ0) is 13.0. The number of nitrogens with zero attached hydrogens (tertiary/aromatic N) is 3. The van der Waals surface area contributed by atoms with E-state index < -0.39 is 23.6 Å². The first-order valence-corrected chi connectivity index (χ1v) is 4.47. The Hall–Kier alpha value is -2.10. The number of nitro groups is 1. The van der Waals surface area contributed by atoms with E-state index in [-0.39, 0.29) is 17.5 Å². The topological polar surface area (TPSA) is 119 Å². The first kappa shape index (κ1) is 13.0. The average molecular weight is 248 g/mol. The molecule has 0 aliphatic heterocycles. The highest BCUT2D eigenvalue weighted by Gasteiger charge is 2.22. The van der Waals surface area contributed by atoms with Crippen molar-refractivity contribution in [3.05, 3.63) is 15.8 Å². The van der Waals surface area contributed by atoms with Gasteiger partial charge in [0.25, 0.3) is 6.43 Å². The Bertz CT molecular complexity index is 427. The van der Waals surface area contributed by atoms with E-state index in [4.69, 9.17) is 5.84 Å². The van der Waals surface area contributed by atoms with E-state index in [1.54, 1.807) is 0 Å². The van der Waals surface area contributed by atoms with Crippen LogP contribution in [0.5, 0.6) is 0 Å². The van der Waals surface area contributed by atoms with Gasteiger partial charge in [0.1, 0.15) is 5.69 Å². The van der Waals surface area contributed by atoms with E-state index in [9.17, 15) is 18.9 Å². The predicted octanol–water partition coefficient (Wildman–Crippen LogP) is 0.656. The molecular formula is C7H10F2N6O2.